The first-order valence-electron chi connectivity index (χ1n) is 7.22. The van der Waals surface area contributed by atoms with Gasteiger partial charge in [0.05, 0.1) is 30.6 Å². The molecule has 1 unspecified atom stereocenters. The molecule has 3 rings (SSSR count). The molecule has 0 fully saturated rings. The topological polar surface area (TPSA) is 89.4 Å². The summed E-state index contributed by atoms with van der Waals surface area (Å²) in [6.45, 7) is 1.25. The largest absolute Gasteiger partial charge is 0.397 e. The molecule has 5 N–H and O–H groups in total. The Kier molecular flexibility index (Phi) is 3.98. The summed E-state index contributed by atoms with van der Waals surface area (Å²) in [6, 6.07) is 6.01. The van der Waals surface area contributed by atoms with Gasteiger partial charge in [0, 0.05) is 25.0 Å². The lowest BCUT2D eigenvalue weighted by molar-refractivity contribution is 0.0846. The standard InChI is InChI=1S/C16H21N5O/c1-19-15-9-22-8-13-11(6-20-7-12(13)15)10-3-4-14(17)16(5-10)21(2)18/h3-7,15,19H,8-9,17-18H2,1-2H3. The maximum Gasteiger partial charge on any atom is 0.0749 e. The molecule has 0 saturated heterocycles. The second-order valence-electron chi connectivity index (χ2n) is 5.50. The van der Waals surface area contributed by atoms with E-state index < -0.39 is 0 Å². The highest BCUT2D eigenvalue weighted by molar-refractivity contribution is 5.78. The number of nitrogen functional groups attached to an aromatic ring is 1. The summed E-state index contributed by atoms with van der Waals surface area (Å²) in [5.74, 6) is 5.85. The van der Waals surface area contributed by atoms with Gasteiger partial charge in [0.25, 0.3) is 0 Å². The number of likely N-dealkylation sites (N-methyl/N-ethyl adjacent to an activating group) is 1. The molecule has 1 aliphatic rings. The predicted molar refractivity (Wildman–Crippen MR) is 88.1 cm³/mol. The Bertz CT molecular complexity index is 686. The molecule has 2 aromatic rings. The second-order valence-corrected chi connectivity index (χ2v) is 5.50. The van der Waals surface area contributed by atoms with Crippen molar-refractivity contribution in [2.24, 2.45) is 5.84 Å². The van der Waals surface area contributed by atoms with Crippen molar-refractivity contribution in [3.8, 4) is 11.1 Å². The maximum atomic E-state index is 5.98. The van der Waals surface area contributed by atoms with Crippen molar-refractivity contribution in [2.75, 3.05) is 31.4 Å². The number of hydrazine groups is 1. The Hall–Kier alpha value is -2.15. The first-order valence-corrected chi connectivity index (χ1v) is 7.22. The number of ether oxygens (including phenoxy) is 1. The second kappa shape index (κ2) is 5.92. The van der Waals surface area contributed by atoms with E-state index in [1.807, 2.05) is 37.6 Å². The Morgan fingerprint density at radius 3 is 2.91 bits per heavy atom. The Labute approximate surface area is 130 Å². The average molecular weight is 299 g/mol. The molecule has 0 radical (unpaired) electrons. The van der Waals surface area contributed by atoms with Crippen molar-refractivity contribution in [3.05, 3.63) is 41.7 Å². The van der Waals surface area contributed by atoms with Gasteiger partial charge in [-0.1, -0.05) is 6.07 Å². The number of hydrogen-bond acceptors (Lipinski definition) is 6. The van der Waals surface area contributed by atoms with Crippen molar-refractivity contribution in [1.29, 1.82) is 0 Å². The molecule has 0 aliphatic carbocycles. The zero-order valence-corrected chi connectivity index (χ0v) is 12.8. The van der Waals surface area contributed by atoms with Crippen LogP contribution >= 0.6 is 0 Å². The van der Waals surface area contributed by atoms with Crippen LogP contribution in [-0.4, -0.2) is 25.7 Å². The van der Waals surface area contributed by atoms with Crippen LogP contribution in [0.2, 0.25) is 0 Å². The zero-order valence-electron chi connectivity index (χ0n) is 12.8. The monoisotopic (exact) mass is 299 g/mol. The lowest BCUT2D eigenvalue weighted by atomic mass is 9.93. The highest BCUT2D eigenvalue weighted by Gasteiger charge is 2.22. The molecule has 6 nitrogen and oxygen atoms in total. The van der Waals surface area contributed by atoms with Gasteiger partial charge in [0.2, 0.25) is 0 Å². The Morgan fingerprint density at radius 1 is 1.36 bits per heavy atom. The summed E-state index contributed by atoms with van der Waals surface area (Å²) in [5.41, 5.74) is 11.9. The third kappa shape index (κ3) is 2.52. The number of nitrogens with zero attached hydrogens (tertiary/aromatic N) is 2. The first kappa shape index (κ1) is 14.8. The van der Waals surface area contributed by atoms with Gasteiger partial charge in [-0.15, -0.1) is 0 Å². The van der Waals surface area contributed by atoms with Crippen LogP contribution in [0.3, 0.4) is 0 Å². The predicted octanol–water partition coefficient (Wildman–Crippen LogP) is 1.43. The van der Waals surface area contributed by atoms with Crippen LogP contribution in [0.5, 0.6) is 0 Å². The summed E-state index contributed by atoms with van der Waals surface area (Å²) in [6.07, 6.45) is 3.78. The normalized spacial score (nSPS) is 17.1. The van der Waals surface area contributed by atoms with Crippen LogP contribution in [0, 0.1) is 0 Å². The van der Waals surface area contributed by atoms with Crippen molar-refractivity contribution >= 4 is 11.4 Å². The molecule has 1 aromatic heterocycles. The molecule has 0 bridgehead atoms. The van der Waals surface area contributed by atoms with Crippen LogP contribution in [0.15, 0.2) is 30.6 Å². The quantitative estimate of drug-likeness (QED) is 0.451. The number of anilines is 2. The van der Waals surface area contributed by atoms with Gasteiger partial charge < -0.3 is 20.8 Å². The van der Waals surface area contributed by atoms with Gasteiger partial charge in [0.15, 0.2) is 0 Å². The Balaban J connectivity index is 2.12. The molecule has 22 heavy (non-hydrogen) atoms. The fraction of sp³-hybridized carbons (Fsp3) is 0.312. The van der Waals surface area contributed by atoms with E-state index in [1.165, 1.54) is 10.6 Å². The van der Waals surface area contributed by atoms with Crippen LogP contribution < -0.4 is 21.9 Å². The van der Waals surface area contributed by atoms with Crippen LogP contribution in [0.4, 0.5) is 11.4 Å². The number of benzene rings is 1. The summed E-state index contributed by atoms with van der Waals surface area (Å²) in [7, 11) is 3.70. The molecule has 6 heteroatoms. The molecule has 1 atom stereocenters. The molecular formula is C16H21N5O. The third-order valence-electron chi connectivity index (χ3n) is 4.07. The summed E-state index contributed by atoms with van der Waals surface area (Å²) < 4.78 is 5.71. The number of hydrogen-bond donors (Lipinski definition) is 3. The lowest BCUT2D eigenvalue weighted by Crippen LogP contribution is -2.27. The van der Waals surface area contributed by atoms with E-state index in [0.29, 0.717) is 18.9 Å². The number of fused-ring (bicyclic) bond motifs is 1. The van der Waals surface area contributed by atoms with Gasteiger partial charge in [0.1, 0.15) is 0 Å². The van der Waals surface area contributed by atoms with E-state index in [-0.39, 0.29) is 6.04 Å². The zero-order chi connectivity index (χ0) is 15.7. The van der Waals surface area contributed by atoms with E-state index in [9.17, 15) is 0 Å². The van der Waals surface area contributed by atoms with Crippen LogP contribution in [0.25, 0.3) is 11.1 Å². The summed E-state index contributed by atoms with van der Waals surface area (Å²) in [4.78, 5) is 4.40. The number of nitrogens with two attached hydrogens (primary N) is 2. The molecule has 1 aliphatic heterocycles. The van der Waals surface area contributed by atoms with Crippen molar-refractivity contribution in [1.82, 2.24) is 10.3 Å². The molecule has 2 heterocycles. The fourth-order valence-corrected chi connectivity index (χ4v) is 2.84. The van der Waals surface area contributed by atoms with Gasteiger partial charge >= 0.3 is 0 Å². The molecule has 0 amide bonds. The highest BCUT2D eigenvalue weighted by atomic mass is 16.5. The van der Waals surface area contributed by atoms with Gasteiger partial charge in [-0.05, 0) is 35.9 Å². The smallest absolute Gasteiger partial charge is 0.0749 e. The number of pyridine rings is 1. The van der Waals surface area contributed by atoms with Crippen LogP contribution in [0.1, 0.15) is 17.2 Å². The van der Waals surface area contributed by atoms with Gasteiger partial charge in [-0.3, -0.25) is 4.98 Å². The minimum Gasteiger partial charge on any atom is -0.397 e. The number of nitrogens with one attached hydrogen (secondary N) is 1. The molecule has 1 aromatic carbocycles. The molecule has 116 valence electrons. The minimum absolute atomic E-state index is 0.168. The Morgan fingerprint density at radius 2 is 2.18 bits per heavy atom. The minimum atomic E-state index is 0.168. The number of rotatable bonds is 3. The van der Waals surface area contributed by atoms with E-state index in [2.05, 4.69) is 10.3 Å². The van der Waals surface area contributed by atoms with E-state index in [4.69, 9.17) is 16.3 Å². The molecule has 0 spiro atoms. The maximum absolute atomic E-state index is 5.98. The third-order valence-corrected chi connectivity index (χ3v) is 4.07. The summed E-state index contributed by atoms with van der Waals surface area (Å²) in [5, 5.41) is 4.79. The average Bonchev–Trinajstić information content (AvgIpc) is 2.54. The lowest BCUT2D eigenvalue weighted by Gasteiger charge is -2.27. The van der Waals surface area contributed by atoms with Crippen LogP contribution in [-0.2, 0) is 11.3 Å². The van der Waals surface area contributed by atoms with Crippen molar-refractivity contribution < 1.29 is 4.74 Å². The van der Waals surface area contributed by atoms with Gasteiger partial charge in [-0.2, -0.15) is 0 Å². The van der Waals surface area contributed by atoms with E-state index >= 15 is 0 Å². The SMILES string of the molecule is CNC1COCc2c(-c3ccc(N)c(N(C)N)c3)cncc21. The summed E-state index contributed by atoms with van der Waals surface area (Å²) >= 11 is 0. The molecular weight excluding hydrogens is 278 g/mol. The first-order chi connectivity index (χ1) is 10.6. The highest BCUT2D eigenvalue weighted by Crippen LogP contribution is 2.35. The van der Waals surface area contributed by atoms with Crippen molar-refractivity contribution in [3.63, 3.8) is 0 Å². The van der Waals surface area contributed by atoms with Crippen molar-refractivity contribution in [2.45, 2.75) is 12.6 Å². The van der Waals surface area contributed by atoms with Gasteiger partial charge in [-0.25, -0.2) is 5.84 Å². The van der Waals surface area contributed by atoms with E-state index in [0.717, 1.165) is 22.4 Å². The molecule has 0 saturated carbocycles. The number of aromatic nitrogens is 1. The fourth-order valence-electron chi connectivity index (χ4n) is 2.84. The van der Waals surface area contributed by atoms with E-state index in [1.54, 1.807) is 7.05 Å².